The van der Waals surface area contributed by atoms with Gasteiger partial charge in [0.05, 0.1) is 24.8 Å². The van der Waals surface area contributed by atoms with E-state index in [1.54, 1.807) is 18.2 Å². The Bertz CT molecular complexity index is 869. The third-order valence-electron chi connectivity index (χ3n) is 3.45. The number of benzene rings is 2. The maximum atomic E-state index is 12.1. The van der Waals surface area contributed by atoms with Crippen LogP contribution in [-0.4, -0.2) is 35.1 Å². The van der Waals surface area contributed by atoms with Crippen LogP contribution in [-0.2, 0) is 14.8 Å². The summed E-state index contributed by atoms with van der Waals surface area (Å²) in [6, 6.07) is 10.7. The van der Waals surface area contributed by atoms with Crippen LogP contribution in [0.1, 0.15) is 6.42 Å². The minimum absolute atomic E-state index is 0.0397. The molecule has 0 atom stereocenters. The van der Waals surface area contributed by atoms with Crippen LogP contribution in [0.4, 0.5) is 5.69 Å². The van der Waals surface area contributed by atoms with Crippen molar-refractivity contribution in [3.63, 3.8) is 0 Å². The third kappa shape index (κ3) is 5.35. The van der Waals surface area contributed by atoms with E-state index in [-0.39, 0.29) is 23.8 Å². The number of nitrogens with one attached hydrogen (secondary N) is 2. The van der Waals surface area contributed by atoms with E-state index in [0.29, 0.717) is 22.2 Å². The molecule has 2 rings (SSSR count). The van der Waals surface area contributed by atoms with Gasteiger partial charge in [0, 0.05) is 24.1 Å². The van der Waals surface area contributed by atoms with E-state index < -0.39 is 10.0 Å². The molecule has 0 radical (unpaired) electrons. The Hall–Kier alpha value is -2.29. The molecule has 0 aliphatic rings. The van der Waals surface area contributed by atoms with E-state index in [9.17, 15) is 13.2 Å². The molecule has 0 fully saturated rings. The van der Waals surface area contributed by atoms with Crippen molar-refractivity contribution >= 4 is 33.2 Å². The monoisotopic (exact) mass is 398 g/mol. The quantitative estimate of drug-likeness (QED) is 0.713. The molecule has 2 aromatic carbocycles. The van der Waals surface area contributed by atoms with Gasteiger partial charge in [0.2, 0.25) is 15.9 Å². The summed E-state index contributed by atoms with van der Waals surface area (Å²) in [6.45, 7) is -0.0464. The number of halogens is 1. The lowest BCUT2D eigenvalue weighted by Gasteiger charge is -2.12. The Morgan fingerprint density at radius 1 is 1.08 bits per heavy atom. The Balaban J connectivity index is 1.92. The van der Waals surface area contributed by atoms with Crippen LogP contribution in [0, 0.1) is 0 Å². The molecule has 0 aromatic heterocycles. The zero-order valence-electron chi connectivity index (χ0n) is 14.3. The fourth-order valence-electron chi connectivity index (χ4n) is 2.11. The Kier molecular flexibility index (Phi) is 6.84. The lowest BCUT2D eigenvalue weighted by Crippen LogP contribution is -2.27. The lowest BCUT2D eigenvalue weighted by atomic mass is 10.2. The summed E-state index contributed by atoms with van der Waals surface area (Å²) in [5.41, 5.74) is 0.471. The van der Waals surface area contributed by atoms with Gasteiger partial charge in [0.1, 0.15) is 11.5 Å². The predicted octanol–water partition coefficient (Wildman–Crippen LogP) is 2.66. The van der Waals surface area contributed by atoms with E-state index in [1.807, 2.05) is 0 Å². The zero-order valence-corrected chi connectivity index (χ0v) is 15.9. The average molecular weight is 399 g/mol. The van der Waals surface area contributed by atoms with Crippen molar-refractivity contribution in [3.05, 3.63) is 47.5 Å². The topological polar surface area (TPSA) is 93.7 Å². The standard InChI is InChI=1S/C17H19ClN2O5S/c1-24-13-5-8-15(16(11-13)25-2)20-17(21)9-10-19-26(22,23)14-6-3-12(18)4-7-14/h3-8,11,19H,9-10H2,1-2H3,(H,20,21). The van der Waals surface area contributed by atoms with Crippen molar-refractivity contribution in [2.75, 3.05) is 26.1 Å². The first-order valence-corrected chi connectivity index (χ1v) is 9.49. The number of anilines is 1. The van der Waals surface area contributed by atoms with Gasteiger partial charge in [-0.3, -0.25) is 4.79 Å². The number of methoxy groups -OCH3 is 2. The van der Waals surface area contributed by atoms with Crippen LogP contribution in [0.3, 0.4) is 0 Å². The van der Waals surface area contributed by atoms with Crippen LogP contribution in [0.25, 0.3) is 0 Å². The van der Waals surface area contributed by atoms with Crippen LogP contribution in [0.2, 0.25) is 5.02 Å². The first-order valence-electron chi connectivity index (χ1n) is 7.63. The molecule has 2 N–H and O–H groups in total. The van der Waals surface area contributed by atoms with Crippen molar-refractivity contribution < 1.29 is 22.7 Å². The molecule has 26 heavy (non-hydrogen) atoms. The van der Waals surface area contributed by atoms with Crippen LogP contribution < -0.4 is 19.5 Å². The van der Waals surface area contributed by atoms with E-state index in [2.05, 4.69) is 10.0 Å². The molecule has 7 nitrogen and oxygen atoms in total. The summed E-state index contributed by atoms with van der Waals surface area (Å²) < 4.78 is 36.9. The van der Waals surface area contributed by atoms with Crippen molar-refractivity contribution in [2.24, 2.45) is 0 Å². The van der Waals surface area contributed by atoms with Gasteiger partial charge in [0.25, 0.3) is 0 Å². The fourth-order valence-corrected chi connectivity index (χ4v) is 3.27. The normalized spacial score (nSPS) is 11.0. The Morgan fingerprint density at radius 3 is 2.38 bits per heavy atom. The molecule has 0 spiro atoms. The van der Waals surface area contributed by atoms with Gasteiger partial charge < -0.3 is 14.8 Å². The second-order valence-corrected chi connectivity index (χ2v) is 7.42. The highest BCUT2D eigenvalue weighted by Crippen LogP contribution is 2.29. The number of rotatable bonds is 8. The van der Waals surface area contributed by atoms with E-state index in [1.165, 1.54) is 38.5 Å². The van der Waals surface area contributed by atoms with Gasteiger partial charge in [-0.1, -0.05) is 11.6 Å². The maximum absolute atomic E-state index is 12.1. The van der Waals surface area contributed by atoms with Crippen LogP contribution in [0.15, 0.2) is 47.4 Å². The first kappa shape index (κ1) is 20.0. The smallest absolute Gasteiger partial charge is 0.240 e. The summed E-state index contributed by atoms with van der Waals surface area (Å²) in [7, 11) is -0.693. The van der Waals surface area contributed by atoms with Crippen molar-refractivity contribution in [3.8, 4) is 11.5 Å². The van der Waals surface area contributed by atoms with Crippen molar-refractivity contribution in [1.29, 1.82) is 0 Å². The predicted molar refractivity (Wildman–Crippen MR) is 99.4 cm³/mol. The number of carbonyl (C=O) groups excluding carboxylic acids is 1. The molecule has 2 aromatic rings. The highest BCUT2D eigenvalue weighted by atomic mass is 35.5. The minimum atomic E-state index is -3.70. The molecule has 140 valence electrons. The fraction of sp³-hybridized carbons (Fsp3) is 0.235. The number of sulfonamides is 1. The van der Waals surface area contributed by atoms with Crippen molar-refractivity contribution in [1.82, 2.24) is 4.72 Å². The van der Waals surface area contributed by atoms with Gasteiger partial charge >= 0.3 is 0 Å². The number of ether oxygens (including phenoxy) is 2. The van der Waals surface area contributed by atoms with Crippen LogP contribution in [0.5, 0.6) is 11.5 Å². The highest BCUT2D eigenvalue weighted by molar-refractivity contribution is 7.89. The average Bonchev–Trinajstić information content (AvgIpc) is 2.62. The molecule has 0 saturated heterocycles. The summed E-state index contributed by atoms with van der Waals surface area (Å²) in [5, 5.41) is 3.12. The second kappa shape index (κ2) is 8.88. The summed E-state index contributed by atoms with van der Waals surface area (Å²) in [4.78, 5) is 12.1. The molecule has 0 aliphatic heterocycles. The Labute approximate surface area is 157 Å². The minimum Gasteiger partial charge on any atom is -0.497 e. The number of hydrogen-bond acceptors (Lipinski definition) is 5. The molecular formula is C17H19ClN2O5S. The van der Waals surface area contributed by atoms with E-state index >= 15 is 0 Å². The van der Waals surface area contributed by atoms with Gasteiger partial charge in [-0.25, -0.2) is 13.1 Å². The molecular weight excluding hydrogens is 380 g/mol. The molecule has 0 bridgehead atoms. The summed E-state index contributed by atoms with van der Waals surface area (Å²) in [5.74, 6) is 0.683. The van der Waals surface area contributed by atoms with Gasteiger partial charge in [-0.05, 0) is 36.4 Å². The first-order chi connectivity index (χ1) is 12.4. The molecule has 1 amide bonds. The van der Waals surface area contributed by atoms with Crippen LogP contribution >= 0.6 is 11.6 Å². The third-order valence-corrected chi connectivity index (χ3v) is 5.18. The van der Waals surface area contributed by atoms with Gasteiger partial charge in [0.15, 0.2) is 0 Å². The van der Waals surface area contributed by atoms with Gasteiger partial charge in [-0.15, -0.1) is 0 Å². The second-order valence-electron chi connectivity index (χ2n) is 5.22. The van der Waals surface area contributed by atoms with Gasteiger partial charge in [-0.2, -0.15) is 0 Å². The SMILES string of the molecule is COc1ccc(NC(=O)CCNS(=O)(=O)c2ccc(Cl)cc2)c(OC)c1. The largest absolute Gasteiger partial charge is 0.497 e. The molecule has 0 aliphatic carbocycles. The van der Waals surface area contributed by atoms with E-state index in [0.717, 1.165) is 0 Å². The summed E-state index contributed by atoms with van der Waals surface area (Å²) >= 11 is 5.74. The highest BCUT2D eigenvalue weighted by Gasteiger charge is 2.15. The zero-order chi connectivity index (χ0) is 19.2. The van der Waals surface area contributed by atoms with E-state index in [4.69, 9.17) is 21.1 Å². The Morgan fingerprint density at radius 2 is 1.77 bits per heavy atom. The molecule has 0 unspecified atom stereocenters. The molecule has 0 heterocycles. The van der Waals surface area contributed by atoms with Crippen molar-refractivity contribution in [2.45, 2.75) is 11.3 Å². The summed E-state index contributed by atoms with van der Waals surface area (Å²) in [6.07, 6.45) is -0.0397. The maximum Gasteiger partial charge on any atom is 0.240 e. The lowest BCUT2D eigenvalue weighted by molar-refractivity contribution is -0.116. The number of hydrogen-bond donors (Lipinski definition) is 2. The molecule has 9 heteroatoms. The molecule has 0 saturated carbocycles. The number of amides is 1. The number of carbonyl (C=O) groups is 1.